The van der Waals surface area contributed by atoms with Crippen molar-refractivity contribution < 1.29 is 8.81 Å². The monoisotopic (exact) mass is 360 g/mol. The van der Waals surface area contributed by atoms with Gasteiger partial charge in [0.1, 0.15) is 23.9 Å². The largest absolute Gasteiger partial charge is 0.452 e. The third-order valence-electron chi connectivity index (χ3n) is 3.45. The maximum atomic E-state index is 13.1. The normalized spacial score (nSPS) is 16.8. The molecule has 0 radical (unpaired) electrons. The van der Waals surface area contributed by atoms with Gasteiger partial charge in [-0.3, -0.25) is 0 Å². The first-order valence-corrected chi connectivity index (χ1v) is 7.39. The van der Waals surface area contributed by atoms with Crippen molar-refractivity contribution in [2.75, 3.05) is 5.32 Å². The number of halogens is 2. The van der Waals surface area contributed by atoms with Crippen LogP contribution in [0.1, 0.15) is 17.4 Å². The molecule has 4 rings (SSSR count). The Kier molecular flexibility index (Phi) is 3.07. The van der Waals surface area contributed by atoms with Crippen LogP contribution in [0.2, 0.25) is 0 Å². The van der Waals surface area contributed by atoms with E-state index in [1.54, 1.807) is 16.8 Å². The lowest BCUT2D eigenvalue weighted by molar-refractivity contribution is 0.434. The van der Waals surface area contributed by atoms with E-state index in [9.17, 15) is 4.39 Å². The fourth-order valence-corrected chi connectivity index (χ4v) is 2.74. The highest BCUT2D eigenvalue weighted by atomic mass is 79.9. The van der Waals surface area contributed by atoms with Gasteiger partial charge in [-0.1, -0.05) is 0 Å². The lowest BCUT2D eigenvalue weighted by Gasteiger charge is -2.22. The molecule has 0 fully saturated rings. The molecule has 0 aliphatic carbocycles. The summed E-state index contributed by atoms with van der Waals surface area (Å²) in [6.07, 6.45) is 3.45. The number of allylic oxidation sites excluding steroid dienone is 1. The molecule has 2 aromatic heterocycles. The number of nitrogens with zero attached hydrogens (tertiary/aromatic N) is 3. The van der Waals surface area contributed by atoms with Crippen molar-refractivity contribution in [1.29, 1.82) is 0 Å². The van der Waals surface area contributed by atoms with Crippen molar-refractivity contribution in [3.8, 4) is 0 Å². The number of rotatable bonds is 2. The molecule has 7 heteroatoms. The van der Waals surface area contributed by atoms with Gasteiger partial charge in [-0.15, -0.1) is 0 Å². The number of hydrogen-bond acceptors (Lipinski definition) is 4. The molecule has 5 nitrogen and oxygen atoms in total. The molecule has 1 aromatic carbocycles. The number of anilines is 1. The maximum Gasteiger partial charge on any atom is 0.226 e. The molecule has 110 valence electrons. The Balaban J connectivity index is 1.80. The third-order valence-corrected chi connectivity index (χ3v) is 3.87. The van der Waals surface area contributed by atoms with E-state index in [2.05, 4.69) is 31.3 Å². The number of benzene rings is 1. The van der Waals surface area contributed by atoms with Crippen LogP contribution in [0.5, 0.6) is 0 Å². The summed E-state index contributed by atoms with van der Waals surface area (Å²) in [4.78, 5) is 4.21. The van der Waals surface area contributed by atoms with Crippen molar-refractivity contribution in [2.24, 2.45) is 0 Å². The second-order valence-corrected chi connectivity index (χ2v) is 5.61. The van der Waals surface area contributed by atoms with Crippen LogP contribution >= 0.6 is 15.9 Å². The van der Waals surface area contributed by atoms with Gasteiger partial charge >= 0.3 is 0 Å². The summed E-state index contributed by atoms with van der Waals surface area (Å²) in [7, 11) is 0. The lowest BCUT2D eigenvalue weighted by Crippen LogP contribution is -2.19. The summed E-state index contributed by atoms with van der Waals surface area (Å²) in [5.41, 5.74) is 1.70. The average Bonchev–Trinajstić information content (AvgIpc) is 3.15. The van der Waals surface area contributed by atoms with E-state index in [0.717, 1.165) is 17.0 Å². The average molecular weight is 361 g/mol. The molecule has 3 heterocycles. The quantitative estimate of drug-likeness (QED) is 0.754. The van der Waals surface area contributed by atoms with E-state index in [0.29, 0.717) is 10.6 Å². The lowest BCUT2D eigenvalue weighted by atomic mass is 10.1. The van der Waals surface area contributed by atoms with Gasteiger partial charge in [0.2, 0.25) is 5.95 Å². The number of nitrogens with one attached hydrogen (secondary N) is 1. The molecule has 1 N–H and O–H groups in total. The summed E-state index contributed by atoms with van der Waals surface area (Å²) in [6.45, 7) is 0. The highest BCUT2D eigenvalue weighted by molar-refractivity contribution is 9.10. The van der Waals surface area contributed by atoms with E-state index in [1.165, 1.54) is 18.5 Å². The molecule has 1 aliphatic heterocycles. The maximum absolute atomic E-state index is 13.1. The van der Waals surface area contributed by atoms with Gasteiger partial charge in [0.05, 0.1) is 0 Å². The van der Waals surface area contributed by atoms with Crippen LogP contribution in [0, 0.1) is 5.82 Å². The number of aromatic nitrogens is 3. The van der Waals surface area contributed by atoms with Gasteiger partial charge < -0.3 is 9.73 Å². The zero-order chi connectivity index (χ0) is 15.1. The van der Waals surface area contributed by atoms with Gasteiger partial charge in [-0.2, -0.15) is 10.1 Å². The molecule has 1 aliphatic rings. The van der Waals surface area contributed by atoms with Crippen molar-refractivity contribution in [3.63, 3.8) is 0 Å². The van der Waals surface area contributed by atoms with E-state index in [4.69, 9.17) is 4.42 Å². The second kappa shape index (κ2) is 5.10. The summed E-state index contributed by atoms with van der Waals surface area (Å²) >= 11 is 3.31. The van der Waals surface area contributed by atoms with Gasteiger partial charge in [0.25, 0.3) is 0 Å². The van der Waals surface area contributed by atoms with Gasteiger partial charge in [0, 0.05) is 5.70 Å². The molecule has 22 heavy (non-hydrogen) atoms. The van der Waals surface area contributed by atoms with Crippen LogP contribution in [-0.2, 0) is 0 Å². The predicted octanol–water partition coefficient (Wildman–Crippen LogP) is 3.83. The van der Waals surface area contributed by atoms with Crippen molar-refractivity contribution in [2.45, 2.75) is 6.04 Å². The van der Waals surface area contributed by atoms with Gasteiger partial charge in [-0.25, -0.2) is 9.07 Å². The standard InChI is InChI=1S/C15H10BrFN4O/c16-14-6-5-13(22-14)12-7-11(9-1-3-10(17)4-2-9)20-15-18-8-19-21(12)15/h1-8,12H,(H,18,19,20)/t12-/m0/s1. The predicted molar refractivity (Wildman–Crippen MR) is 82.6 cm³/mol. The first kappa shape index (κ1) is 13.3. The Morgan fingerprint density at radius 3 is 2.73 bits per heavy atom. The number of furan rings is 1. The molecule has 0 bridgehead atoms. The minimum atomic E-state index is -0.269. The highest BCUT2D eigenvalue weighted by Gasteiger charge is 2.25. The van der Waals surface area contributed by atoms with Crippen molar-refractivity contribution >= 4 is 27.6 Å². The molecule has 3 aromatic rings. The minimum absolute atomic E-state index is 0.217. The Hall–Kier alpha value is -2.41. The first-order valence-electron chi connectivity index (χ1n) is 6.60. The van der Waals surface area contributed by atoms with Gasteiger partial charge in [-0.05, 0) is 64.0 Å². The molecule has 1 atom stereocenters. The van der Waals surface area contributed by atoms with E-state index in [-0.39, 0.29) is 11.9 Å². The van der Waals surface area contributed by atoms with E-state index >= 15 is 0 Å². The van der Waals surface area contributed by atoms with Crippen LogP contribution in [0.15, 0.2) is 57.9 Å². The zero-order valence-corrected chi connectivity index (χ0v) is 12.8. The summed E-state index contributed by atoms with van der Waals surface area (Å²) in [5.74, 6) is 1.08. The third kappa shape index (κ3) is 2.23. The Morgan fingerprint density at radius 1 is 1.18 bits per heavy atom. The second-order valence-electron chi connectivity index (χ2n) is 4.83. The molecular weight excluding hydrogens is 351 g/mol. The van der Waals surface area contributed by atoms with Crippen LogP contribution < -0.4 is 5.32 Å². The highest BCUT2D eigenvalue weighted by Crippen LogP contribution is 2.33. The topological polar surface area (TPSA) is 55.9 Å². The fraction of sp³-hybridized carbons (Fsp3) is 0.0667. The Morgan fingerprint density at radius 2 is 2.00 bits per heavy atom. The summed E-state index contributed by atoms with van der Waals surface area (Å²) in [5, 5.41) is 7.42. The van der Waals surface area contributed by atoms with Crippen LogP contribution in [-0.4, -0.2) is 14.8 Å². The Labute approximate surface area is 133 Å². The molecule has 0 unspecified atom stereocenters. The van der Waals surface area contributed by atoms with E-state index < -0.39 is 0 Å². The number of fused-ring (bicyclic) bond motifs is 1. The minimum Gasteiger partial charge on any atom is -0.452 e. The van der Waals surface area contributed by atoms with E-state index in [1.807, 2.05) is 18.2 Å². The first-order chi connectivity index (χ1) is 10.7. The Bertz CT molecular complexity index is 853. The summed E-state index contributed by atoms with van der Waals surface area (Å²) in [6, 6.07) is 9.78. The van der Waals surface area contributed by atoms with Gasteiger partial charge in [0.15, 0.2) is 4.67 Å². The molecule has 0 amide bonds. The van der Waals surface area contributed by atoms with Crippen LogP contribution in [0.3, 0.4) is 0 Å². The summed E-state index contributed by atoms with van der Waals surface area (Å²) < 4.78 is 21.1. The van der Waals surface area contributed by atoms with Crippen molar-refractivity contribution in [1.82, 2.24) is 14.8 Å². The van der Waals surface area contributed by atoms with Crippen molar-refractivity contribution in [3.05, 3.63) is 70.6 Å². The zero-order valence-electron chi connectivity index (χ0n) is 11.2. The fourth-order valence-electron chi connectivity index (χ4n) is 2.42. The SMILES string of the molecule is Fc1ccc(C2=C[C@@H](c3ccc(Br)o3)n3ncnc3N2)cc1. The van der Waals surface area contributed by atoms with Crippen LogP contribution in [0.4, 0.5) is 10.3 Å². The molecule has 0 saturated heterocycles. The smallest absolute Gasteiger partial charge is 0.226 e. The molecule has 0 saturated carbocycles. The molecular formula is C15H10BrFN4O. The van der Waals surface area contributed by atoms with Crippen LogP contribution in [0.25, 0.3) is 5.70 Å². The molecule has 0 spiro atoms. The number of hydrogen-bond donors (Lipinski definition) is 1.